The molecule has 1 aliphatic carbocycles. The summed E-state index contributed by atoms with van der Waals surface area (Å²) in [5, 5.41) is 15.1. The fraction of sp³-hybridized carbons (Fsp3) is 0.533. The average Bonchev–Trinajstić information content (AvgIpc) is 2.47. The minimum atomic E-state index is -0.199. The van der Waals surface area contributed by atoms with Gasteiger partial charge >= 0.3 is 6.03 Å². The second kappa shape index (κ2) is 7.75. The smallest absolute Gasteiger partial charge is 0.315 e. The van der Waals surface area contributed by atoms with E-state index in [1.165, 1.54) is 0 Å². The molecule has 2 rings (SSSR count). The zero-order valence-electron chi connectivity index (χ0n) is 11.5. The van der Waals surface area contributed by atoms with Gasteiger partial charge in [0, 0.05) is 6.04 Å². The molecule has 0 aliphatic heterocycles. The van der Waals surface area contributed by atoms with Crippen LogP contribution in [-0.2, 0) is 0 Å². The zero-order valence-corrected chi connectivity index (χ0v) is 11.5. The molecule has 2 amide bonds. The maximum absolute atomic E-state index is 11.7. The van der Waals surface area contributed by atoms with Crippen molar-refractivity contribution >= 4 is 6.03 Å². The first-order valence-electron chi connectivity index (χ1n) is 7.14. The number of urea groups is 1. The summed E-state index contributed by atoms with van der Waals surface area (Å²) in [6.45, 7) is 0.914. The summed E-state index contributed by atoms with van der Waals surface area (Å²) in [5.74, 6) is 0.802. The highest BCUT2D eigenvalue weighted by Crippen LogP contribution is 2.17. The van der Waals surface area contributed by atoms with Gasteiger partial charge < -0.3 is 20.5 Å². The Hall–Kier alpha value is -1.75. The van der Waals surface area contributed by atoms with Crippen LogP contribution in [0.5, 0.6) is 5.75 Å². The molecule has 1 fully saturated rings. The number of amides is 2. The molecule has 110 valence electrons. The van der Waals surface area contributed by atoms with Crippen molar-refractivity contribution < 1.29 is 14.6 Å². The molecule has 1 aliphatic rings. The molecule has 0 radical (unpaired) electrons. The summed E-state index contributed by atoms with van der Waals surface area (Å²) in [5.41, 5.74) is 0. The first-order chi connectivity index (χ1) is 9.74. The number of nitrogens with one attached hydrogen (secondary N) is 2. The number of carbonyl (C=O) groups excluding carboxylic acids is 1. The second-order valence-electron chi connectivity index (χ2n) is 5.07. The first kappa shape index (κ1) is 14.7. The third kappa shape index (κ3) is 5.09. The number of rotatable bonds is 5. The van der Waals surface area contributed by atoms with Gasteiger partial charge in [-0.2, -0.15) is 0 Å². The lowest BCUT2D eigenvalue weighted by Gasteiger charge is -2.26. The lowest BCUT2D eigenvalue weighted by Crippen LogP contribution is -2.45. The van der Waals surface area contributed by atoms with Crippen molar-refractivity contribution in [2.24, 2.45) is 0 Å². The number of aliphatic hydroxyl groups is 1. The highest BCUT2D eigenvalue weighted by Gasteiger charge is 2.20. The molecule has 5 nitrogen and oxygen atoms in total. The Morgan fingerprint density at radius 3 is 2.60 bits per heavy atom. The third-order valence-electron chi connectivity index (χ3n) is 3.43. The van der Waals surface area contributed by atoms with E-state index in [4.69, 9.17) is 4.74 Å². The summed E-state index contributed by atoms with van der Waals surface area (Å²) in [6, 6.07) is 9.52. The van der Waals surface area contributed by atoms with E-state index in [2.05, 4.69) is 10.6 Å². The standard InChI is InChI=1S/C15H22N2O3/c18-13-8-6-12(7-9-13)17-15(19)16-10-11-20-14-4-2-1-3-5-14/h1-5,12-13,18H,6-11H2,(H2,16,17,19). The SMILES string of the molecule is O=C(NCCOc1ccccc1)NC1CCC(O)CC1. The van der Waals surface area contributed by atoms with E-state index in [1.807, 2.05) is 30.3 Å². The van der Waals surface area contributed by atoms with E-state index in [-0.39, 0.29) is 18.2 Å². The Morgan fingerprint density at radius 1 is 1.20 bits per heavy atom. The number of carbonyl (C=O) groups is 1. The Balaban J connectivity index is 1.56. The largest absolute Gasteiger partial charge is 0.492 e. The fourth-order valence-corrected chi connectivity index (χ4v) is 2.31. The minimum Gasteiger partial charge on any atom is -0.492 e. The molecule has 0 bridgehead atoms. The zero-order chi connectivity index (χ0) is 14.2. The molecule has 1 saturated carbocycles. The Bertz CT molecular complexity index is 403. The fourth-order valence-electron chi connectivity index (χ4n) is 2.31. The number of ether oxygens (including phenoxy) is 1. The molecule has 0 atom stereocenters. The maximum atomic E-state index is 11.7. The topological polar surface area (TPSA) is 70.6 Å². The predicted octanol–water partition coefficient (Wildman–Crippen LogP) is 1.67. The summed E-state index contributed by atoms with van der Waals surface area (Å²) in [6.07, 6.45) is 3.02. The Labute approximate surface area is 119 Å². The van der Waals surface area contributed by atoms with Crippen LogP contribution in [0.25, 0.3) is 0 Å². The third-order valence-corrected chi connectivity index (χ3v) is 3.43. The van der Waals surface area contributed by atoms with Gasteiger partial charge in [0.05, 0.1) is 12.6 Å². The van der Waals surface area contributed by atoms with Gasteiger partial charge in [-0.05, 0) is 37.8 Å². The van der Waals surface area contributed by atoms with E-state index in [0.717, 1.165) is 31.4 Å². The Morgan fingerprint density at radius 2 is 1.90 bits per heavy atom. The number of benzene rings is 1. The molecule has 0 heterocycles. The second-order valence-corrected chi connectivity index (χ2v) is 5.07. The molecule has 0 saturated heterocycles. The van der Waals surface area contributed by atoms with Crippen molar-refractivity contribution in [1.29, 1.82) is 0 Å². The van der Waals surface area contributed by atoms with Crippen LogP contribution in [-0.4, -0.2) is 36.4 Å². The van der Waals surface area contributed by atoms with Crippen molar-refractivity contribution in [3.8, 4) is 5.75 Å². The quantitative estimate of drug-likeness (QED) is 0.717. The summed E-state index contributed by atoms with van der Waals surface area (Å²) >= 11 is 0. The van der Waals surface area contributed by atoms with Crippen molar-refractivity contribution in [1.82, 2.24) is 10.6 Å². The molecular formula is C15H22N2O3. The van der Waals surface area contributed by atoms with Crippen LogP contribution in [0.3, 0.4) is 0 Å². The number of aliphatic hydroxyl groups excluding tert-OH is 1. The molecule has 0 aromatic heterocycles. The van der Waals surface area contributed by atoms with Gasteiger partial charge in [0.1, 0.15) is 12.4 Å². The van der Waals surface area contributed by atoms with Crippen molar-refractivity contribution in [3.05, 3.63) is 30.3 Å². The molecule has 0 unspecified atom stereocenters. The van der Waals surface area contributed by atoms with Crippen LogP contribution < -0.4 is 15.4 Å². The molecule has 1 aromatic carbocycles. The van der Waals surface area contributed by atoms with Gasteiger partial charge in [0.2, 0.25) is 0 Å². The molecule has 1 aromatic rings. The van der Waals surface area contributed by atoms with Gasteiger partial charge in [0.15, 0.2) is 0 Å². The van der Waals surface area contributed by atoms with E-state index < -0.39 is 0 Å². The van der Waals surface area contributed by atoms with Gasteiger partial charge in [-0.25, -0.2) is 4.79 Å². The van der Waals surface area contributed by atoms with Crippen LogP contribution in [0.15, 0.2) is 30.3 Å². The van der Waals surface area contributed by atoms with Crippen LogP contribution in [0.1, 0.15) is 25.7 Å². The van der Waals surface area contributed by atoms with Crippen LogP contribution in [0, 0.1) is 0 Å². The van der Waals surface area contributed by atoms with Crippen LogP contribution in [0.4, 0.5) is 4.79 Å². The summed E-state index contributed by atoms with van der Waals surface area (Å²) in [7, 11) is 0. The molecule has 5 heteroatoms. The maximum Gasteiger partial charge on any atom is 0.315 e. The van der Waals surface area contributed by atoms with Crippen LogP contribution >= 0.6 is 0 Å². The molecular weight excluding hydrogens is 256 g/mol. The lowest BCUT2D eigenvalue weighted by atomic mass is 9.93. The Kier molecular flexibility index (Phi) is 5.68. The first-order valence-corrected chi connectivity index (χ1v) is 7.14. The molecule has 3 N–H and O–H groups in total. The highest BCUT2D eigenvalue weighted by atomic mass is 16.5. The number of hydrogen-bond acceptors (Lipinski definition) is 3. The van der Waals surface area contributed by atoms with Gasteiger partial charge in [-0.1, -0.05) is 18.2 Å². The summed E-state index contributed by atoms with van der Waals surface area (Å²) in [4.78, 5) is 11.7. The number of hydrogen-bond donors (Lipinski definition) is 3. The van der Waals surface area contributed by atoms with Gasteiger partial charge in [0.25, 0.3) is 0 Å². The van der Waals surface area contributed by atoms with E-state index >= 15 is 0 Å². The van der Waals surface area contributed by atoms with Gasteiger partial charge in [-0.15, -0.1) is 0 Å². The van der Waals surface area contributed by atoms with Crippen molar-refractivity contribution in [3.63, 3.8) is 0 Å². The molecule has 20 heavy (non-hydrogen) atoms. The average molecular weight is 278 g/mol. The summed E-state index contributed by atoms with van der Waals surface area (Å²) < 4.78 is 5.48. The lowest BCUT2D eigenvalue weighted by molar-refractivity contribution is 0.117. The van der Waals surface area contributed by atoms with E-state index in [1.54, 1.807) is 0 Å². The van der Waals surface area contributed by atoms with Gasteiger partial charge in [-0.3, -0.25) is 0 Å². The predicted molar refractivity (Wildman–Crippen MR) is 76.7 cm³/mol. The van der Waals surface area contributed by atoms with Crippen molar-refractivity contribution in [2.45, 2.75) is 37.8 Å². The van der Waals surface area contributed by atoms with E-state index in [9.17, 15) is 9.90 Å². The number of para-hydroxylation sites is 1. The molecule has 0 spiro atoms. The normalized spacial score (nSPS) is 22.1. The monoisotopic (exact) mass is 278 g/mol. The van der Waals surface area contributed by atoms with Crippen LogP contribution in [0.2, 0.25) is 0 Å². The van der Waals surface area contributed by atoms with E-state index in [0.29, 0.717) is 13.2 Å². The highest BCUT2D eigenvalue weighted by molar-refractivity contribution is 5.74. The minimum absolute atomic E-state index is 0.164. The van der Waals surface area contributed by atoms with Crippen molar-refractivity contribution in [2.75, 3.05) is 13.2 Å².